The molecule has 6 nitrogen and oxygen atoms in total. The van der Waals surface area contributed by atoms with E-state index in [1.165, 1.54) is 12.8 Å². The molecule has 1 N–H and O–H groups in total. The second-order valence-corrected chi connectivity index (χ2v) is 7.02. The van der Waals surface area contributed by atoms with Gasteiger partial charge in [0, 0.05) is 12.1 Å². The number of carbonyl (C=O) groups excluding carboxylic acids is 1. The van der Waals surface area contributed by atoms with E-state index in [0.29, 0.717) is 23.6 Å². The van der Waals surface area contributed by atoms with E-state index in [2.05, 4.69) is 10.2 Å². The van der Waals surface area contributed by atoms with Crippen molar-refractivity contribution in [2.24, 2.45) is 0 Å². The average Bonchev–Trinajstić information content (AvgIpc) is 3.36. The van der Waals surface area contributed by atoms with Crippen molar-refractivity contribution < 1.29 is 18.7 Å². The highest BCUT2D eigenvalue weighted by Crippen LogP contribution is 2.29. The van der Waals surface area contributed by atoms with Gasteiger partial charge in [0.25, 0.3) is 5.91 Å². The molecule has 0 spiro atoms. The number of rotatable bonds is 8. The molecule has 0 saturated carbocycles. The van der Waals surface area contributed by atoms with E-state index in [1.54, 1.807) is 31.6 Å². The number of nitrogens with zero attached hydrogens (tertiary/aromatic N) is 1. The van der Waals surface area contributed by atoms with Crippen molar-refractivity contribution in [3.8, 4) is 11.5 Å². The fraction of sp³-hybridized carbons (Fsp3) is 0.476. The third-order valence-electron chi connectivity index (χ3n) is 4.70. The molecule has 1 amide bonds. The molecular weight excluding hydrogens is 344 g/mol. The highest BCUT2D eigenvalue weighted by Gasteiger charge is 2.26. The molecule has 2 aromatic rings. The van der Waals surface area contributed by atoms with Gasteiger partial charge in [0.05, 0.1) is 25.5 Å². The van der Waals surface area contributed by atoms with E-state index in [-0.39, 0.29) is 18.1 Å². The Kier molecular flexibility index (Phi) is 6.40. The number of amides is 1. The number of carbonyl (C=O) groups is 1. The summed E-state index contributed by atoms with van der Waals surface area (Å²) in [6, 6.07) is 9.15. The number of likely N-dealkylation sites (tertiary alicyclic amines) is 1. The monoisotopic (exact) mass is 372 g/mol. The quantitative estimate of drug-likeness (QED) is 0.766. The maximum atomic E-state index is 12.7. The fourth-order valence-corrected chi connectivity index (χ4v) is 3.40. The maximum Gasteiger partial charge on any atom is 0.251 e. The summed E-state index contributed by atoms with van der Waals surface area (Å²) in [6.07, 6.45) is 4.07. The SMILES string of the molecule is COc1cc(C(=O)NCC(c2ccco2)N2CCCC2)ccc1OC(C)C. The van der Waals surface area contributed by atoms with Gasteiger partial charge in [-0.1, -0.05) is 0 Å². The normalized spacial score (nSPS) is 15.7. The summed E-state index contributed by atoms with van der Waals surface area (Å²) in [4.78, 5) is 15.0. The van der Waals surface area contributed by atoms with Gasteiger partial charge in [-0.2, -0.15) is 0 Å². The Morgan fingerprint density at radius 2 is 2.00 bits per heavy atom. The lowest BCUT2D eigenvalue weighted by atomic mass is 10.1. The van der Waals surface area contributed by atoms with Gasteiger partial charge in [-0.15, -0.1) is 0 Å². The summed E-state index contributed by atoms with van der Waals surface area (Å²) in [5.74, 6) is 1.93. The topological polar surface area (TPSA) is 63.9 Å². The van der Waals surface area contributed by atoms with Crippen LogP contribution in [-0.4, -0.2) is 43.7 Å². The van der Waals surface area contributed by atoms with Gasteiger partial charge in [-0.3, -0.25) is 9.69 Å². The average molecular weight is 372 g/mol. The zero-order valence-corrected chi connectivity index (χ0v) is 16.2. The molecule has 1 aromatic heterocycles. The van der Waals surface area contributed by atoms with Gasteiger partial charge in [0.15, 0.2) is 11.5 Å². The third-order valence-corrected chi connectivity index (χ3v) is 4.70. The second-order valence-electron chi connectivity index (χ2n) is 7.02. The summed E-state index contributed by atoms with van der Waals surface area (Å²) in [6.45, 7) is 6.45. The van der Waals surface area contributed by atoms with Gasteiger partial charge < -0.3 is 19.2 Å². The van der Waals surface area contributed by atoms with Crippen molar-refractivity contribution in [3.63, 3.8) is 0 Å². The molecule has 6 heteroatoms. The van der Waals surface area contributed by atoms with Crippen LogP contribution >= 0.6 is 0 Å². The predicted octanol–water partition coefficient (Wildman–Crippen LogP) is 3.64. The first-order chi connectivity index (χ1) is 13.1. The van der Waals surface area contributed by atoms with Crippen molar-refractivity contribution in [2.75, 3.05) is 26.7 Å². The number of furan rings is 1. The third kappa shape index (κ3) is 4.83. The van der Waals surface area contributed by atoms with E-state index in [4.69, 9.17) is 13.9 Å². The molecule has 2 heterocycles. The Bertz CT molecular complexity index is 737. The van der Waals surface area contributed by atoms with Gasteiger partial charge >= 0.3 is 0 Å². The maximum absolute atomic E-state index is 12.7. The van der Waals surface area contributed by atoms with Crippen molar-refractivity contribution in [1.82, 2.24) is 10.2 Å². The largest absolute Gasteiger partial charge is 0.493 e. The first-order valence-electron chi connectivity index (χ1n) is 9.49. The molecule has 27 heavy (non-hydrogen) atoms. The first kappa shape index (κ1) is 19.3. The summed E-state index contributed by atoms with van der Waals surface area (Å²) in [7, 11) is 1.57. The lowest BCUT2D eigenvalue weighted by molar-refractivity contribution is 0.0933. The standard InChI is InChI=1S/C21H28N2O4/c1-15(2)27-19-9-8-16(13-20(19)25-3)21(24)22-14-17(18-7-6-12-26-18)23-10-4-5-11-23/h6-9,12-13,15,17H,4-5,10-11,14H2,1-3H3,(H,22,24). The van der Waals surface area contributed by atoms with E-state index in [0.717, 1.165) is 18.8 Å². The Labute approximate surface area is 160 Å². The Morgan fingerprint density at radius 1 is 1.22 bits per heavy atom. The van der Waals surface area contributed by atoms with Crippen molar-refractivity contribution in [3.05, 3.63) is 47.9 Å². The zero-order chi connectivity index (χ0) is 19.2. The lowest BCUT2D eigenvalue weighted by Crippen LogP contribution is -2.36. The highest BCUT2D eigenvalue weighted by atomic mass is 16.5. The van der Waals surface area contributed by atoms with Crippen molar-refractivity contribution in [1.29, 1.82) is 0 Å². The Balaban J connectivity index is 1.68. The number of hydrogen-bond acceptors (Lipinski definition) is 5. The minimum Gasteiger partial charge on any atom is -0.493 e. The van der Waals surface area contributed by atoms with Gasteiger partial charge in [0.2, 0.25) is 0 Å². The molecule has 0 bridgehead atoms. The van der Waals surface area contributed by atoms with E-state index >= 15 is 0 Å². The van der Waals surface area contributed by atoms with Crippen LogP contribution < -0.4 is 14.8 Å². The summed E-state index contributed by atoms with van der Waals surface area (Å²) in [5.41, 5.74) is 0.544. The van der Waals surface area contributed by atoms with Crippen LogP contribution in [0.2, 0.25) is 0 Å². The predicted molar refractivity (Wildman–Crippen MR) is 103 cm³/mol. The number of nitrogens with one attached hydrogen (secondary N) is 1. The number of methoxy groups -OCH3 is 1. The van der Waals surface area contributed by atoms with Crippen LogP contribution in [0.15, 0.2) is 41.0 Å². The Hall–Kier alpha value is -2.47. The molecule has 0 aliphatic carbocycles. The molecule has 0 radical (unpaired) electrons. The molecule has 1 unspecified atom stereocenters. The van der Waals surface area contributed by atoms with Crippen LogP contribution in [0.5, 0.6) is 11.5 Å². The van der Waals surface area contributed by atoms with Crippen molar-refractivity contribution >= 4 is 5.91 Å². The van der Waals surface area contributed by atoms with E-state index < -0.39 is 0 Å². The van der Waals surface area contributed by atoms with Gasteiger partial charge in [-0.25, -0.2) is 0 Å². The van der Waals surface area contributed by atoms with Gasteiger partial charge in [0.1, 0.15) is 5.76 Å². The van der Waals surface area contributed by atoms with Crippen LogP contribution in [0, 0.1) is 0 Å². The van der Waals surface area contributed by atoms with Crippen LogP contribution in [0.3, 0.4) is 0 Å². The van der Waals surface area contributed by atoms with Gasteiger partial charge in [-0.05, 0) is 70.1 Å². The number of benzene rings is 1. The highest BCUT2D eigenvalue weighted by molar-refractivity contribution is 5.94. The molecule has 1 atom stereocenters. The molecular formula is C21H28N2O4. The molecule has 1 fully saturated rings. The zero-order valence-electron chi connectivity index (χ0n) is 16.2. The van der Waals surface area contributed by atoms with Crippen LogP contribution in [0.4, 0.5) is 0 Å². The molecule has 1 aliphatic heterocycles. The minimum absolute atomic E-state index is 0.0353. The lowest BCUT2D eigenvalue weighted by Gasteiger charge is -2.26. The smallest absolute Gasteiger partial charge is 0.251 e. The van der Waals surface area contributed by atoms with Crippen LogP contribution in [-0.2, 0) is 0 Å². The van der Waals surface area contributed by atoms with E-state index in [9.17, 15) is 4.79 Å². The Morgan fingerprint density at radius 3 is 2.63 bits per heavy atom. The summed E-state index contributed by atoms with van der Waals surface area (Å²) < 4.78 is 16.7. The first-order valence-corrected chi connectivity index (χ1v) is 9.49. The molecule has 3 rings (SSSR count). The van der Waals surface area contributed by atoms with Crippen molar-refractivity contribution in [2.45, 2.75) is 38.8 Å². The summed E-state index contributed by atoms with van der Waals surface area (Å²) >= 11 is 0. The fourth-order valence-electron chi connectivity index (χ4n) is 3.40. The van der Waals surface area contributed by atoms with Crippen LogP contribution in [0.1, 0.15) is 48.8 Å². The number of hydrogen-bond donors (Lipinski definition) is 1. The number of ether oxygens (including phenoxy) is 2. The molecule has 146 valence electrons. The minimum atomic E-state index is -0.139. The summed E-state index contributed by atoms with van der Waals surface area (Å²) in [5, 5.41) is 3.04. The van der Waals surface area contributed by atoms with E-state index in [1.807, 2.05) is 26.0 Å². The molecule has 1 aliphatic rings. The second kappa shape index (κ2) is 8.95. The molecule has 1 saturated heterocycles. The van der Waals surface area contributed by atoms with Crippen LogP contribution in [0.25, 0.3) is 0 Å². The molecule has 1 aromatic carbocycles.